The highest BCUT2D eigenvalue weighted by atomic mass is 16.2. The van der Waals surface area contributed by atoms with Crippen LogP contribution in [0.5, 0.6) is 0 Å². The number of carbonyl (C=O) groups excluding carboxylic acids is 1. The summed E-state index contributed by atoms with van der Waals surface area (Å²) < 4.78 is 0. The molecule has 1 saturated heterocycles. The first-order chi connectivity index (χ1) is 6.15. The predicted molar refractivity (Wildman–Crippen MR) is 48.3 cm³/mol. The first-order valence-electron chi connectivity index (χ1n) is 4.24. The van der Waals surface area contributed by atoms with Crippen molar-refractivity contribution in [1.29, 1.82) is 5.26 Å². The van der Waals surface area contributed by atoms with Gasteiger partial charge in [0.1, 0.15) is 11.8 Å². The molecular formula is C9H13N3O. The molecule has 13 heavy (non-hydrogen) atoms. The second-order valence-corrected chi connectivity index (χ2v) is 3.24. The molecule has 0 aromatic rings. The summed E-state index contributed by atoms with van der Waals surface area (Å²) in [5, 5.41) is 8.81. The van der Waals surface area contributed by atoms with Crippen molar-refractivity contribution >= 4 is 5.91 Å². The van der Waals surface area contributed by atoms with Crippen LogP contribution in [-0.2, 0) is 4.79 Å². The molecule has 0 unspecified atom stereocenters. The van der Waals surface area contributed by atoms with Crippen LogP contribution in [0.15, 0.2) is 11.9 Å². The fraction of sp³-hybridized carbons (Fsp3) is 0.556. The molecule has 1 amide bonds. The third kappa shape index (κ3) is 2.22. The number of carbonyl (C=O) groups is 1. The molecule has 0 radical (unpaired) electrons. The predicted octanol–water partition coefficient (Wildman–Crippen LogP) is 0.535. The molecule has 1 aliphatic rings. The van der Waals surface area contributed by atoms with Crippen molar-refractivity contribution in [2.45, 2.75) is 12.8 Å². The molecule has 1 aliphatic heterocycles. The SMILES string of the molecule is CN(C)/C=C(/C#N)N1CCCC1=O. The van der Waals surface area contributed by atoms with E-state index in [9.17, 15) is 4.79 Å². The molecule has 0 spiro atoms. The molecule has 1 heterocycles. The van der Waals surface area contributed by atoms with Gasteiger partial charge in [0.25, 0.3) is 0 Å². The van der Waals surface area contributed by atoms with Gasteiger partial charge in [0.2, 0.25) is 5.91 Å². The van der Waals surface area contributed by atoms with Crippen LogP contribution in [-0.4, -0.2) is 36.3 Å². The summed E-state index contributed by atoms with van der Waals surface area (Å²) in [6.07, 6.45) is 3.08. The minimum absolute atomic E-state index is 0.0506. The fourth-order valence-corrected chi connectivity index (χ4v) is 1.31. The molecule has 0 aromatic carbocycles. The van der Waals surface area contributed by atoms with Gasteiger partial charge < -0.3 is 9.80 Å². The van der Waals surface area contributed by atoms with Crippen LogP contribution in [0.25, 0.3) is 0 Å². The summed E-state index contributed by atoms with van der Waals surface area (Å²) >= 11 is 0. The second kappa shape index (κ2) is 3.94. The Morgan fingerprint density at radius 3 is 2.77 bits per heavy atom. The fourth-order valence-electron chi connectivity index (χ4n) is 1.31. The number of nitriles is 1. The van der Waals surface area contributed by atoms with Crippen LogP contribution < -0.4 is 0 Å². The summed E-state index contributed by atoms with van der Waals surface area (Å²) in [5.41, 5.74) is 0.438. The van der Waals surface area contributed by atoms with Gasteiger partial charge in [0.15, 0.2) is 0 Å². The first-order valence-corrected chi connectivity index (χ1v) is 4.24. The zero-order valence-corrected chi connectivity index (χ0v) is 7.95. The topological polar surface area (TPSA) is 47.3 Å². The van der Waals surface area contributed by atoms with Gasteiger partial charge in [-0.1, -0.05) is 0 Å². The largest absolute Gasteiger partial charge is 0.381 e. The van der Waals surface area contributed by atoms with Gasteiger partial charge in [0, 0.05) is 33.3 Å². The lowest BCUT2D eigenvalue weighted by molar-refractivity contribution is -0.125. The maximum atomic E-state index is 11.3. The van der Waals surface area contributed by atoms with E-state index in [4.69, 9.17) is 5.26 Å². The Morgan fingerprint density at radius 1 is 1.69 bits per heavy atom. The van der Waals surface area contributed by atoms with Gasteiger partial charge in [-0.05, 0) is 6.42 Å². The molecule has 0 atom stereocenters. The van der Waals surface area contributed by atoms with Gasteiger partial charge in [-0.15, -0.1) is 0 Å². The lowest BCUT2D eigenvalue weighted by atomic mass is 10.4. The highest BCUT2D eigenvalue weighted by Crippen LogP contribution is 2.15. The Hall–Kier alpha value is -1.50. The van der Waals surface area contributed by atoms with Gasteiger partial charge in [0.05, 0.1) is 0 Å². The van der Waals surface area contributed by atoms with Crippen molar-refractivity contribution < 1.29 is 4.79 Å². The summed E-state index contributed by atoms with van der Waals surface area (Å²) in [6.45, 7) is 0.673. The van der Waals surface area contributed by atoms with E-state index in [0.29, 0.717) is 18.7 Å². The summed E-state index contributed by atoms with van der Waals surface area (Å²) in [7, 11) is 3.66. The quantitative estimate of drug-likeness (QED) is 0.581. The van der Waals surface area contributed by atoms with E-state index in [2.05, 4.69) is 0 Å². The van der Waals surface area contributed by atoms with Crippen LogP contribution in [0.4, 0.5) is 0 Å². The Labute approximate surface area is 78.0 Å². The summed E-state index contributed by atoms with van der Waals surface area (Å²) in [6, 6.07) is 2.03. The van der Waals surface area contributed by atoms with Crippen LogP contribution >= 0.6 is 0 Å². The maximum Gasteiger partial charge on any atom is 0.227 e. The summed E-state index contributed by atoms with van der Waals surface area (Å²) in [5.74, 6) is 0.0506. The Kier molecular flexibility index (Phi) is 2.91. The van der Waals surface area contributed by atoms with E-state index in [1.54, 1.807) is 16.0 Å². The molecule has 1 rings (SSSR count). The number of allylic oxidation sites excluding steroid dienone is 1. The molecular weight excluding hydrogens is 166 g/mol. The van der Waals surface area contributed by atoms with Crippen molar-refractivity contribution in [3.8, 4) is 6.07 Å². The van der Waals surface area contributed by atoms with Crippen LogP contribution in [0, 0.1) is 11.3 Å². The lowest BCUT2D eigenvalue weighted by Crippen LogP contribution is -2.24. The minimum atomic E-state index is 0.0506. The average Bonchev–Trinajstić information content (AvgIpc) is 2.47. The third-order valence-electron chi connectivity index (χ3n) is 1.86. The molecule has 0 N–H and O–H groups in total. The standard InChI is InChI=1S/C9H13N3O/c1-11(2)7-8(6-10)12-5-3-4-9(12)13/h7H,3-5H2,1-2H3/b8-7-. The molecule has 0 aliphatic carbocycles. The van der Waals surface area contributed by atoms with Crippen molar-refractivity contribution in [2.24, 2.45) is 0 Å². The maximum absolute atomic E-state index is 11.3. The average molecular weight is 179 g/mol. The van der Waals surface area contributed by atoms with E-state index < -0.39 is 0 Å². The highest BCUT2D eigenvalue weighted by molar-refractivity contribution is 5.80. The number of amides is 1. The number of hydrogen-bond donors (Lipinski definition) is 0. The van der Waals surface area contributed by atoms with Crippen molar-refractivity contribution in [3.05, 3.63) is 11.9 Å². The highest BCUT2D eigenvalue weighted by Gasteiger charge is 2.23. The van der Waals surface area contributed by atoms with E-state index in [0.717, 1.165) is 6.42 Å². The lowest BCUT2D eigenvalue weighted by Gasteiger charge is -2.15. The van der Waals surface area contributed by atoms with Crippen molar-refractivity contribution in [1.82, 2.24) is 9.80 Å². The van der Waals surface area contributed by atoms with Crippen molar-refractivity contribution in [3.63, 3.8) is 0 Å². The molecule has 70 valence electrons. The van der Waals surface area contributed by atoms with Gasteiger partial charge >= 0.3 is 0 Å². The van der Waals surface area contributed by atoms with Gasteiger partial charge in [-0.25, -0.2) is 0 Å². The van der Waals surface area contributed by atoms with Crippen LogP contribution in [0.1, 0.15) is 12.8 Å². The van der Waals surface area contributed by atoms with E-state index in [1.807, 2.05) is 20.2 Å². The van der Waals surface area contributed by atoms with E-state index >= 15 is 0 Å². The van der Waals surface area contributed by atoms with E-state index in [1.165, 1.54) is 0 Å². The normalized spacial score (nSPS) is 17.5. The molecule has 1 fully saturated rings. The number of rotatable bonds is 2. The van der Waals surface area contributed by atoms with Crippen LogP contribution in [0.3, 0.4) is 0 Å². The zero-order chi connectivity index (χ0) is 9.84. The molecule has 0 saturated carbocycles. The molecule has 4 heteroatoms. The zero-order valence-electron chi connectivity index (χ0n) is 7.95. The monoisotopic (exact) mass is 179 g/mol. The molecule has 4 nitrogen and oxygen atoms in total. The third-order valence-corrected chi connectivity index (χ3v) is 1.86. The molecule has 0 bridgehead atoms. The Bertz CT molecular complexity index is 275. The van der Waals surface area contributed by atoms with Gasteiger partial charge in [-0.3, -0.25) is 4.79 Å². The number of hydrogen-bond acceptors (Lipinski definition) is 3. The van der Waals surface area contributed by atoms with Crippen molar-refractivity contribution in [2.75, 3.05) is 20.6 Å². The first kappa shape index (κ1) is 9.59. The number of likely N-dealkylation sites (tertiary alicyclic amines) is 1. The molecule has 0 aromatic heterocycles. The Morgan fingerprint density at radius 2 is 2.38 bits per heavy atom. The second-order valence-electron chi connectivity index (χ2n) is 3.24. The minimum Gasteiger partial charge on any atom is -0.381 e. The smallest absolute Gasteiger partial charge is 0.227 e. The van der Waals surface area contributed by atoms with Crippen LogP contribution in [0.2, 0.25) is 0 Å². The summed E-state index contributed by atoms with van der Waals surface area (Å²) in [4.78, 5) is 14.6. The van der Waals surface area contributed by atoms with Gasteiger partial charge in [-0.2, -0.15) is 5.26 Å². The van der Waals surface area contributed by atoms with E-state index in [-0.39, 0.29) is 5.91 Å². The number of nitrogens with zero attached hydrogens (tertiary/aromatic N) is 3. The Balaban J connectivity index is 2.79.